The van der Waals surface area contributed by atoms with Crippen LogP contribution in [-0.2, 0) is 16.1 Å². The third-order valence-corrected chi connectivity index (χ3v) is 2.85. The highest BCUT2D eigenvalue weighted by Gasteiger charge is 1.97. The molecule has 0 unspecified atom stereocenters. The van der Waals surface area contributed by atoms with Gasteiger partial charge in [-0.25, -0.2) is 0 Å². The van der Waals surface area contributed by atoms with Crippen molar-refractivity contribution in [2.45, 2.75) is 20.0 Å². The standard InChI is InChI=1S/C13H18O3S/c1-2-15-7-8-16-10-13-9-12(11-17-13)5-3-4-6-14/h9,11,14H,2,4,6-8,10H2,1H3. The second-order valence-electron chi connectivity index (χ2n) is 3.33. The van der Waals surface area contributed by atoms with Crippen LogP contribution in [0.5, 0.6) is 0 Å². The van der Waals surface area contributed by atoms with Crippen molar-refractivity contribution < 1.29 is 14.6 Å². The lowest BCUT2D eigenvalue weighted by atomic mass is 10.3. The van der Waals surface area contributed by atoms with E-state index >= 15 is 0 Å². The Kier molecular flexibility index (Phi) is 7.69. The van der Waals surface area contributed by atoms with Crippen molar-refractivity contribution in [2.75, 3.05) is 26.4 Å². The summed E-state index contributed by atoms with van der Waals surface area (Å²) in [7, 11) is 0. The maximum atomic E-state index is 8.60. The summed E-state index contributed by atoms with van der Waals surface area (Å²) in [6.45, 7) is 4.69. The van der Waals surface area contributed by atoms with Crippen LogP contribution in [0.2, 0.25) is 0 Å². The Bertz CT molecular complexity index is 362. The minimum atomic E-state index is 0.116. The van der Waals surface area contributed by atoms with Crippen molar-refractivity contribution in [3.05, 3.63) is 21.9 Å². The molecule has 1 N–H and O–H groups in total. The zero-order valence-corrected chi connectivity index (χ0v) is 10.9. The molecule has 0 aromatic carbocycles. The fraction of sp³-hybridized carbons (Fsp3) is 0.538. The molecule has 0 amide bonds. The first kappa shape index (κ1) is 14.2. The highest BCUT2D eigenvalue weighted by Crippen LogP contribution is 2.14. The van der Waals surface area contributed by atoms with E-state index in [1.165, 1.54) is 0 Å². The molecule has 0 aliphatic heterocycles. The summed E-state index contributed by atoms with van der Waals surface area (Å²) >= 11 is 1.64. The third-order valence-electron chi connectivity index (χ3n) is 1.94. The molecule has 1 aromatic rings. The molecule has 0 radical (unpaired) electrons. The lowest BCUT2D eigenvalue weighted by Crippen LogP contribution is -2.03. The van der Waals surface area contributed by atoms with Crippen LogP contribution in [0.15, 0.2) is 11.4 Å². The molecule has 17 heavy (non-hydrogen) atoms. The summed E-state index contributed by atoms with van der Waals surface area (Å²) in [6.07, 6.45) is 0.524. The quantitative estimate of drug-likeness (QED) is 0.598. The molecule has 0 aliphatic carbocycles. The van der Waals surface area contributed by atoms with Gasteiger partial charge in [-0.2, -0.15) is 0 Å². The highest BCUT2D eigenvalue weighted by atomic mass is 32.1. The van der Waals surface area contributed by atoms with E-state index in [0.717, 1.165) is 17.0 Å². The van der Waals surface area contributed by atoms with Gasteiger partial charge in [0.2, 0.25) is 0 Å². The summed E-state index contributed by atoms with van der Waals surface area (Å²) in [5.41, 5.74) is 0.992. The van der Waals surface area contributed by atoms with Crippen LogP contribution >= 0.6 is 11.3 Å². The van der Waals surface area contributed by atoms with Gasteiger partial charge in [0.1, 0.15) is 0 Å². The van der Waals surface area contributed by atoms with Gasteiger partial charge < -0.3 is 14.6 Å². The second kappa shape index (κ2) is 9.20. The van der Waals surface area contributed by atoms with Crippen molar-refractivity contribution in [1.29, 1.82) is 0 Å². The van der Waals surface area contributed by atoms with Crippen LogP contribution in [0.4, 0.5) is 0 Å². The summed E-state index contributed by atoms with van der Waals surface area (Å²) in [4.78, 5) is 1.16. The molecule has 0 bridgehead atoms. The van der Waals surface area contributed by atoms with Crippen molar-refractivity contribution >= 4 is 11.3 Å². The van der Waals surface area contributed by atoms with Crippen LogP contribution < -0.4 is 0 Å². The highest BCUT2D eigenvalue weighted by molar-refractivity contribution is 7.10. The van der Waals surface area contributed by atoms with Gasteiger partial charge in [-0.15, -0.1) is 11.3 Å². The number of aliphatic hydroxyl groups excluding tert-OH is 1. The smallest absolute Gasteiger partial charge is 0.0810 e. The van der Waals surface area contributed by atoms with Crippen molar-refractivity contribution in [3.8, 4) is 11.8 Å². The third kappa shape index (κ3) is 6.44. The molecule has 0 spiro atoms. The zero-order chi connectivity index (χ0) is 12.3. The van der Waals surface area contributed by atoms with Crippen LogP contribution in [0, 0.1) is 11.8 Å². The first-order valence-corrected chi connectivity index (χ1v) is 6.57. The number of thiophene rings is 1. The van der Waals surface area contributed by atoms with E-state index < -0.39 is 0 Å². The molecule has 1 heterocycles. The second-order valence-corrected chi connectivity index (χ2v) is 4.32. The summed E-state index contributed by atoms with van der Waals surface area (Å²) < 4.78 is 10.6. The molecule has 0 saturated heterocycles. The molecule has 0 atom stereocenters. The molecule has 0 saturated carbocycles. The minimum Gasteiger partial charge on any atom is -0.395 e. The monoisotopic (exact) mass is 254 g/mol. The van der Waals surface area contributed by atoms with E-state index in [9.17, 15) is 0 Å². The maximum absolute atomic E-state index is 8.60. The lowest BCUT2D eigenvalue weighted by Gasteiger charge is -2.01. The summed E-state index contributed by atoms with van der Waals surface area (Å²) in [6, 6.07) is 2.02. The molecule has 1 rings (SSSR count). The normalized spacial score (nSPS) is 10.0. The molecule has 1 aromatic heterocycles. The Labute approximate surface area is 106 Å². The molecule has 0 aliphatic rings. The molecule has 3 nitrogen and oxygen atoms in total. The Hall–Kier alpha value is -0.860. The van der Waals surface area contributed by atoms with Gasteiger partial charge in [0.15, 0.2) is 0 Å². The van der Waals surface area contributed by atoms with Crippen molar-refractivity contribution in [3.63, 3.8) is 0 Å². The average molecular weight is 254 g/mol. The topological polar surface area (TPSA) is 38.7 Å². The number of hydrogen-bond acceptors (Lipinski definition) is 4. The predicted octanol–water partition coefficient (Wildman–Crippen LogP) is 2.04. The summed E-state index contributed by atoms with van der Waals surface area (Å²) in [5, 5.41) is 10.6. The number of aliphatic hydroxyl groups is 1. The van der Waals surface area contributed by atoms with E-state index in [1.807, 2.05) is 18.4 Å². The first-order valence-electron chi connectivity index (χ1n) is 5.69. The predicted molar refractivity (Wildman–Crippen MR) is 69.0 cm³/mol. The van der Waals surface area contributed by atoms with Gasteiger partial charge in [-0.3, -0.25) is 0 Å². The molecule has 0 fully saturated rings. The largest absolute Gasteiger partial charge is 0.395 e. The fourth-order valence-electron chi connectivity index (χ4n) is 1.18. The van der Waals surface area contributed by atoms with Gasteiger partial charge >= 0.3 is 0 Å². The van der Waals surface area contributed by atoms with Crippen LogP contribution in [-0.4, -0.2) is 31.5 Å². The van der Waals surface area contributed by atoms with E-state index in [-0.39, 0.29) is 6.61 Å². The van der Waals surface area contributed by atoms with E-state index in [4.69, 9.17) is 14.6 Å². The van der Waals surface area contributed by atoms with Gasteiger partial charge in [0.05, 0.1) is 26.4 Å². The van der Waals surface area contributed by atoms with Gasteiger partial charge in [0, 0.05) is 28.8 Å². The Balaban J connectivity index is 2.24. The number of ether oxygens (including phenoxy) is 2. The van der Waals surface area contributed by atoms with Crippen LogP contribution in [0.25, 0.3) is 0 Å². The van der Waals surface area contributed by atoms with E-state index in [1.54, 1.807) is 11.3 Å². The van der Waals surface area contributed by atoms with Gasteiger partial charge in [0.25, 0.3) is 0 Å². The van der Waals surface area contributed by atoms with E-state index in [0.29, 0.717) is 26.2 Å². The Morgan fingerprint density at radius 2 is 2.18 bits per heavy atom. The molecular formula is C13H18O3S. The van der Waals surface area contributed by atoms with E-state index in [2.05, 4.69) is 11.8 Å². The summed E-state index contributed by atoms with van der Waals surface area (Å²) in [5.74, 6) is 5.89. The molecule has 94 valence electrons. The maximum Gasteiger partial charge on any atom is 0.0810 e. The lowest BCUT2D eigenvalue weighted by molar-refractivity contribution is 0.0462. The van der Waals surface area contributed by atoms with Crippen molar-refractivity contribution in [2.24, 2.45) is 0 Å². The fourth-order valence-corrected chi connectivity index (χ4v) is 1.93. The van der Waals surface area contributed by atoms with Crippen molar-refractivity contribution in [1.82, 2.24) is 0 Å². The van der Waals surface area contributed by atoms with Crippen LogP contribution in [0.3, 0.4) is 0 Å². The minimum absolute atomic E-state index is 0.116. The van der Waals surface area contributed by atoms with Gasteiger partial charge in [-0.1, -0.05) is 11.8 Å². The zero-order valence-electron chi connectivity index (χ0n) is 10.1. The Morgan fingerprint density at radius 1 is 1.35 bits per heavy atom. The number of hydrogen-bond donors (Lipinski definition) is 1. The average Bonchev–Trinajstić information content (AvgIpc) is 2.77. The molecule has 4 heteroatoms. The molecular weight excluding hydrogens is 236 g/mol. The van der Waals surface area contributed by atoms with Crippen LogP contribution in [0.1, 0.15) is 23.8 Å². The first-order chi connectivity index (χ1) is 8.36. The van der Waals surface area contributed by atoms with Gasteiger partial charge in [-0.05, 0) is 13.0 Å². The Morgan fingerprint density at radius 3 is 2.94 bits per heavy atom. The number of rotatable bonds is 7. The SMILES string of the molecule is CCOCCOCc1cc(C#CCCO)cs1.